The van der Waals surface area contributed by atoms with Crippen molar-refractivity contribution in [3.8, 4) is 0 Å². The van der Waals surface area contributed by atoms with E-state index < -0.39 is 0 Å². The van der Waals surface area contributed by atoms with Gasteiger partial charge in [0.05, 0.1) is 0 Å². The standard InChI is InChI=1S/C11H20N4O.ClH/c1-14-10(13-15(2)11(14)16)7-8-5-3-4-6-9(8)12;/h8-9H,3-7,12H2,1-2H3;1H. The quantitative estimate of drug-likeness (QED) is 0.847. The summed E-state index contributed by atoms with van der Waals surface area (Å²) in [4.78, 5) is 11.5. The fourth-order valence-corrected chi connectivity index (χ4v) is 2.51. The summed E-state index contributed by atoms with van der Waals surface area (Å²) in [5.41, 5.74) is 6.04. The molecular weight excluding hydrogens is 240 g/mol. The van der Waals surface area contributed by atoms with Gasteiger partial charge in [0.1, 0.15) is 5.82 Å². The van der Waals surface area contributed by atoms with Gasteiger partial charge in [-0.25, -0.2) is 9.48 Å². The molecule has 1 fully saturated rings. The van der Waals surface area contributed by atoms with Gasteiger partial charge >= 0.3 is 5.69 Å². The Morgan fingerprint density at radius 1 is 1.35 bits per heavy atom. The van der Waals surface area contributed by atoms with Crippen LogP contribution in [0.25, 0.3) is 0 Å². The van der Waals surface area contributed by atoms with Crippen molar-refractivity contribution in [3.05, 3.63) is 16.3 Å². The first kappa shape index (κ1) is 14.3. The summed E-state index contributed by atoms with van der Waals surface area (Å²) < 4.78 is 3.02. The van der Waals surface area contributed by atoms with Crippen molar-refractivity contribution in [3.63, 3.8) is 0 Å². The fraction of sp³-hybridized carbons (Fsp3) is 0.818. The zero-order valence-electron chi connectivity index (χ0n) is 10.4. The van der Waals surface area contributed by atoms with Gasteiger partial charge in [0, 0.05) is 26.6 Å². The van der Waals surface area contributed by atoms with Crippen LogP contribution in [0.1, 0.15) is 31.5 Å². The van der Waals surface area contributed by atoms with Crippen LogP contribution in [-0.4, -0.2) is 20.4 Å². The van der Waals surface area contributed by atoms with Crippen molar-refractivity contribution in [2.24, 2.45) is 25.7 Å². The minimum absolute atomic E-state index is 0. The highest BCUT2D eigenvalue weighted by atomic mass is 35.5. The molecule has 2 atom stereocenters. The van der Waals surface area contributed by atoms with Gasteiger partial charge < -0.3 is 5.73 Å². The Kier molecular flexibility index (Phi) is 4.77. The van der Waals surface area contributed by atoms with E-state index in [9.17, 15) is 4.79 Å². The number of aromatic nitrogens is 3. The zero-order chi connectivity index (χ0) is 11.7. The van der Waals surface area contributed by atoms with Crippen molar-refractivity contribution >= 4 is 12.4 Å². The molecule has 2 unspecified atom stereocenters. The second-order valence-electron chi connectivity index (χ2n) is 4.79. The van der Waals surface area contributed by atoms with E-state index >= 15 is 0 Å². The third kappa shape index (κ3) is 2.90. The van der Waals surface area contributed by atoms with E-state index in [1.807, 2.05) is 0 Å². The highest BCUT2D eigenvalue weighted by Gasteiger charge is 2.24. The molecule has 1 aliphatic carbocycles. The van der Waals surface area contributed by atoms with E-state index in [-0.39, 0.29) is 24.1 Å². The van der Waals surface area contributed by atoms with E-state index in [4.69, 9.17) is 5.73 Å². The monoisotopic (exact) mass is 260 g/mol. The van der Waals surface area contributed by atoms with Crippen molar-refractivity contribution < 1.29 is 0 Å². The maximum atomic E-state index is 11.5. The third-order valence-electron chi connectivity index (χ3n) is 3.63. The Morgan fingerprint density at radius 3 is 2.53 bits per heavy atom. The number of nitrogens with two attached hydrogens (primary N) is 1. The smallest absolute Gasteiger partial charge is 0.327 e. The molecule has 1 aliphatic rings. The van der Waals surface area contributed by atoms with Gasteiger partial charge in [-0.3, -0.25) is 4.57 Å². The molecule has 1 aromatic heterocycles. The number of halogens is 1. The normalized spacial score (nSPS) is 24.4. The average Bonchev–Trinajstić information content (AvgIpc) is 2.50. The molecule has 1 aromatic rings. The summed E-state index contributed by atoms with van der Waals surface area (Å²) in [6.07, 6.45) is 5.57. The van der Waals surface area contributed by atoms with Crippen LogP contribution in [0.3, 0.4) is 0 Å². The summed E-state index contributed by atoms with van der Waals surface area (Å²) in [7, 11) is 3.46. The number of aryl methyl sites for hydroxylation is 1. The summed E-state index contributed by atoms with van der Waals surface area (Å²) in [6.45, 7) is 0. The maximum Gasteiger partial charge on any atom is 0.345 e. The van der Waals surface area contributed by atoms with Gasteiger partial charge in [0.15, 0.2) is 0 Å². The number of hydrogen-bond acceptors (Lipinski definition) is 3. The first-order valence-corrected chi connectivity index (χ1v) is 5.94. The van der Waals surface area contributed by atoms with Gasteiger partial charge in [0.25, 0.3) is 0 Å². The third-order valence-corrected chi connectivity index (χ3v) is 3.63. The van der Waals surface area contributed by atoms with E-state index in [1.54, 1.807) is 18.7 Å². The van der Waals surface area contributed by atoms with Crippen LogP contribution in [0.5, 0.6) is 0 Å². The lowest BCUT2D eigenvalue weighted by molar-refractivity contribution is 0.300. The molecule has 5 nitrogen and oxygen atoms in total. The molecule has 0 aromatic carbocycles. The number of rotatable bonds is 2. The minimum Gasteiger partial charge on any atom is -0.327 e. The molecule has 0 aliphatic heterocycles. The molecule has 0 bridgehead atoms. The maximum absolute atomic E-state index is 11.5. The SMILES string of the molecule is Cl.Cn1nc(CC2CCCCC2N)n(C)c1=O. The molecule has 0 amide bonds. The molecule has 1 saturated carbocycles. The molecule has 6 heteroatoms. The van der Waals surface area contributed by atoms with Crippen LogP contribution in [0, 0.1) is 5.92 Å². The molecule has 1 heterocycles. The second-order valence-corrected chi connectivity index (χ2v) is 4.79. The fourth-order valence-electron chi connectivity index (χ4n) is 2.51. The summed E-state index contributed by atoms with van der Waals surface area (Å²) >= 11 is 0. The lowest BCUT2D eigenvalue weighted by atomic mass is 9.83. The summed E-state index contributed by atoms with van der Waals surface area (Å²) in [6, 6.07) is 0.269. The summed E-state index contributed by atoms with van der Waals surface area (Å²) in [5.74, 6) is 1.34. The Hall–Kier alpha value is -0.810. The highest BCUT2D eigenvalue weighted by Crippen LogP contribution is 2.25. The molecule has 17 heavy (non-hydrogen) atoms. The van der Waals surface area contributed by atoms with Crippen molar-refractivity contribution in [1.82, 2.24) is 14.3 Å². The van der Waals surface area contributed by atoms with Crippen LogP contribution in [0.15, 0.2) is 4.79 Å². The van der Waals surface area contributed by atoms with E-state index in [2.05, 4.69) is 5.10 Å². The van der Waals surface area contributed by atoms with Gasteiger partial charge in [0.2, 0.25) is 0 Å². The van der Waals surface area contributed by atoms with Crippen LogP contribution in [-0.2, 0) is 20.5 Å². The topological polar surface area (TPSA) is 65.8 Å². The molecule has 2 rings (SSSR count). The molecule has 0 saturated heterocycles. The lowest BCUT2D eigenvalue weighted by Gasteiger charge is -2.27. The minimum atomic E-state index is -0.0561. The number of hydrogen-bond donors (Lipinski definition) is 1. The van der Waals surface area contributed by atoms with Crippen LogP contribution in [0.4, 0.5) is 0 Å². The van der Waals surface area contributed by atoms with Gasteiger partial charge in [-0.2, -0.15) is 5.10 Å². The summed E-state index contributed by atoms with van der Waals surface area (Å²) in [5, 5.41) is 4.25. The second kappa shape index (κ2) is 5.69. The van der Waals surface area contributed by atoms with E-state index in [1.165, 1.54) is 17.5 Å². The van der Waals surface area contributed by atoms with Crippen molar-refractivity contribution in [1.29, 1.82) is 0 Å². The predicted octanol–water partition coefficient (Wildman–Crippen LogP) is 0.601. The van der Waals surface area contributed by atoms with Gasteiger partial charge in [-0.1, -0.05) is 12.8 Å². The van der Waals surface area contributed by atoms with Crippen molar-refractivity contribution in [2.75, 3.05) is 0 Å². The largest absolute Gasteiger partial charge is 0.345 e. The molecule has 2 N–H and O–H groups in total. The van der Waals surface area contributed by atoms with Gasteiger partial charge in [-0.15, -0.1) is 12.4 Å². The Labute approximate surface area is 107 Å². The molecule has 0 spiro atoms. The molecule has 0 radical (unpaired) electrons. The predicted molar refractivity (Wildman–Crippen MR) is 69.3 cm³/mol. The number of nitrogens with zero attached hydrogens (tertiary/aromatic N) is 3. The first-order valence-electron chi connectivity index (χ1n) is 5.94. The average molecular weight is 261 g/mol. The first-order chi connectivity index (χ1) is 7.59. The van der Waals surface area contributed by atoms with Gasteiger partial charge in [-0.05, 0) is 18.8 Å². The zero-order valence-corrected chi connectivity index (χ0v) is 11.2. The van der Waals surface area contributed by atoms with E-state index in [0.717, 1.165) is 25.1 Å². The Morgan fingerprint density at radius 2 is 2.00 bits per heavy atom. The van der Waals surface area contributed by atoms with E-state index in [0.29, 0.717) is 5.92 Å². The Bertz CT molecular complexity index is 426. The van der Waals surface area contributed by atoms with Crippen molar-refractivity contribution in [2.45, 2.75) is 38.1 Å². The molecule has 98 valence electrons. The Balaban J connectivity index is 0.00000144. The lowest BCUT2D eigenvalue weighted by Crippen LogP contribution is -2.35. The van der Waals surface area contributed by atoms with Crippen LogP contribution < -0.4 is 11.4 Å². The highest BCUT2D eigenvalue weighted by molar-refractivity contribution is 5.85. The van der Waals surface area contributed by atoms with Crippen LogP contribution in [0.2, 0.25) is 0 Å². The molecular formula is C11H21ClN4O. The van der Waals surface area contributed by atoms with Crippen LogP contribution >= 0.6 is 12.4 Å².